The van der Waals surface area contributed by atoms with Gasteiger partial charge in [0.2, 0.25) is 11.9 Å². The number of hydrogen-bond acceptors (Lipinski definition) is 5. The van der Waals surface area contributed by atoms with E-state index in [-0.39, 0.29) is 11.3 Å². The fourth-order valence-electron chi connectivity index (χ4n) is 4.39. The summed E-state index contributed by atoms with van der Waals surface area (Å²) in [6, 6.07) is 9.72. The van der Waals surface area contributed by atoms with Crippen molar-refractivity contribution in [1.82, 2.24) is 14.9 Å². The number of rotatable bonds is 5. The molecule has 2 heterocycles. The lowest BCUT2D eigenvalue weighted by molar-refractivity contribution is -0.133. The Hall–Kier alpha value is -2.63. The number of benzene rings is 1. The van der Waals surface area contributed by atoms with Gasteiger partial charge in [0.15, 0.2) is 0 Å². The Labute approximate surface area is 159 Å². The molecule has 6 nitrogen and oxygen atoms in total. The van der Waals surface area contributed by atoms with Crippen LogP contribution >= 0.6 is 0 Å². The standard InChI is InChI=1S/C21H26N4O2/c22-20-23-14-16-9-11-21(19(16)24-20)10-5-12-25(15-21)18(26)8-4-13-27-17-6-2-1-3-7-17/h1-3,6-7,14H,4-5,8-13,15H2,(H2,22,23,24). The molecule has 142 valence electrons. The first-order valence-electron chi connectivity index (χ1n) is 9.74. The number of piperidine rings is 1. The van der Waals surface area contributed by atoms with Crippen molar-refractivity contribution >= 4 is 11.9 Å². The fraction of sp³-hybridized carbons (Fsp3) is 0.476. The number of nitrogens with zero attached hydrogens (tertiary/aromatic N) is 3. The summed E-state index contributed by atoms with van der Waals surface area (Å²) in [6.45, 7) is 2.13. The van der Waals surface area contributed by atoms with Crippen LogP contribution in [-0.4, -0.2) is 40.5 Å². The van der Waals surface area contributed by atoms with Crippen molar-refractivity contribution in [2.45, 2.75) is 43.9 Å². The molecule has 1 aliphatic heterocycles. The second-order valence-corrected chi connectivity index (χ2v) is 7.57. The smallest absolute Gasteiger partial charge is 0.222 e. The number of hydrogen-bond donors (Lipinski definition) is 1. The van der Waals surface area contributed by atoms with Gasteiger partial charge in [-0.15, -0.1) is 0 Å². The summed E-state index contributed by atoms with van der Waals surface area (Å²) in [5.74, 6) is 1.39. The Kier molecular flexibility index (Phi) is 4.97. The molecule has 0 bridgehead atoms. The number of likely N-dealkylation sites (tertiary alicyclic amines) is 1. The molecule has 1 unspecified atom stereocenters. The van der Waals surface area contributed by atoms with Gasteiger partial charge < -0.3 is 15.4 Å². The van der Waals surface area contributed by atoms with E-state index in [4.69, 9.17) is 10.5 Å². The maximum absolute atomic E-state index is 12.7. The summed E-state index contributed by atoms with van der Waals surface area (Å²) < 4.78 is 5.70. The Morgan fingerprint density at radius 3 is 2.96 bits per heavy atom. The van der Waals surface area contributed by atoms with Crippen LogP contribution in [-0.2, 0) is 16.6 Å². The first-order valence-corrected chi connectivity index (χ1v) is 9.74. The number of carbonyl (C=O) groups excluding carboxylic acids is 1. The van der Waals surface area contributed by atoms with Crippen LogP contribution in [0, 0.1) is 0 Å². The van der Waals surface area contributed by atoms with Crippen LogP contribution in [0.4, 0.5) is 5.95 Å². The lowest BCUT2D eigenvalue weighted by Gasteiger charge is -2.40. The van der Waals surface area contributed by atoms with Gasteiger partial charge in [0.1, 0.15) is 5.75 Å². The quantitative estimate of drug-likeness (QED) is 0.823. The van der Waals surface area contributed by atoms with Crippen molar-refractivity contribution < 1.29 is 9.53 Å². The van der Waals surface area contributed by atoms with E-state index in [1.54, 1.807) is 0 Å². The Morgan fingerprint density at radius 1 is 1.26 bits per heavy atom. The van der Waals surface area contributed by atoms with E-state index < -0.39 is 0 Å². The molecule has 1 spiro atoms. The van der Waals surface area contributed by atoms with E-state index in [1.165, 1.54) is 5.56 Å². The highest BCUT2D eigenvalue weighted by Gasteiger charge is 2.44. The predicted octanol–water partition coefficient (Wildman–Crippen LogP) is 2.72. The van der Waals surface area contributed by atoms with Gasteiger partial charge in [-0.1, -0.05) is 18.2 Å². The molecule has 1 aliphatic carbocycles. The average Bonchev–Trinajstić information content (AvgIpc) is 3.03. The van der Waals surface area contributed by atoms with Crippen molar-refractivity contribution in [3.63, 3.8) is 0 Å². The van der Waals surface area contributed by atoms with Gasteiger partial charge in [0.05, 0.1) is 12.3 Å². The van der Waals surface area contributed by atoms with Gasteiger partial charge in [-0.05, 0) is 49.8 Å². The summed E-state index contributed by atoms with van der Waals surface area (Å²) in [5, 5.41) is 0. The van der Waals surface area contributed by atoms with Gasteiger partial charge >= 0.3 is 0 Å². The molecule has 2 aromatic rings. The summed E-state index contributed by atoms with van der Waals surface area (Å²) in [6.07, 6.45) is 7.18. The van der Waals surface area contributed by atoms with E-state index in [0.29, 0.717) is 19.0 Å². The third-order valence-corrected chi connectivity index (χ3v) is 5.73. The summed E-state index contributed by atoms with van der Waals surface area (Å²) in [5.41, 5.74) is 8.05. The average molecular weight is 366 g/mol. The zero-order chi connectivity index (χ0) is 18.7. The van der Waals surface area contributed by atoms with E-state index in [2.05, 4.69) is 9.97 Å². The van der Waals surface area contributed by atoms with Gasteiger partial charge in [0.25, 0.3) is 0 Å². The number of para-hydroxylation sites is 1. The monoisotopic (exact) mass is 366 g/mol. The van der Waals surface area contributed by atoms with Crippen molar-refractivity contribution in [2.24, 2.45) is 0 Å². The number of aryl methyl sites for hydroxylation is 1. The highest BCUT2D eigenvalue weighted by Crippen LogP contribution is 2.44. The highest BCUT2D eigenvalue weighted by molar-refractivity contribution is 5.76. The van der Waals surface area contributed by atoms with Crippen LogP contribution in [0.15, 0.2) is 36.5 Å². The van der Waals surface area contributed by atoms with Gasteiger partial charge in [-0.25, -0.2) is 9.97 Å². The molecule has 1 saturated heterocycles. The molecule has 1 fully saturated rings. The minimum absolute atomic E-state index is 0.0408. The zero-order valence-electron chi connectivity index (χ0n) is 15.6. The number of amides is 1. The Morgan fingerprint density at radius 2 is 2.11 bits per heavy atom. The van der Waals surface area contributed by atoms with Crippen LogP contribution in [0.1, 0.15) is 43.4 Å². The molecule has 1 atom stereocenters. The number of fused-ring (bicyclic) bond motifs is 2. The van der Waals surface area contributed by atoms with Crippen LogP contribution in [0.2, 0.25) is 0 Å². The van der Waals surface area contributed by atoms with Gasteiger partial charge in [0, 0.05) is 31.1 Å². The number of nitrogens with two attached hydrogens (primary N) is 1. The molecule has 2 aliphatic rings. The van der Waals surface area contributed by atoms with Gasteiger partial charge in [-0.3, -0.25) is 4.79 Å². The maximum atomic E-state index is 12.7. The lowest BCUT2D eigenvalue weighted by Crippen LogP contribution is -2.48. The third kappa shape index (κ3) is 3.75. The van der Waals surface area contributed by atoms with Gasteiger partial charge in [-0.2, -0.15) is 0 Å². The van der Waals surface area contributed by atoms with Crippen LogP contribution in [0.5, 0.6) is 5.75 Å². The Balaban J connectivity index is 1.34. The number of aromatic nitrogens is 2. The second-order valence-electron chi connectivity index (χ2n) is 7.57. The normalized spacial score (nSPS) is 21.3. The molecule has 2 N–H and O–H groups in total. The fourth-order valence-corrected chi connectivity index (χ4v) is 4.39. The summed E-state index contributed by atoms with van der Waals surface area (Å²) >= 11 is 0. The molecule has 6 heteroatoms. The van der Waals surface area contributed by atoms with Crippen molar-refractivity contribution in [1.29, 1.82) is 0 Å². The first-order chi connectivity index (χ1) is 13.2. The van der Waals surface area contributed by atoms with Crippen LogP contribution in [0.25, 0.3) is 0 Å². The summed E-state index contributed by atoms with van der Waals surface area (Å²) in [4.78, 5) is 23.4. The molecule has 1 aromatic heterocycles. The number of ether oxygens (including phenoxy) is 1. The van der Waals surface area contributed by atoms with Crippen molar-refractivity contribution in [2.75, 3.05) is 25.4 Å². The lowest BCUT2D eigenvalue weighted by atomic mass is 9.77. The molecular formula is C21H26N4O2. The van der Waals surface area contributed by atoms with Crippen molar-refractivity contribution in [3.05, 3.63) is 47.8 Å². The van der Waals surface area contributed by atoms with E-state index in [9.17, 15) is 4.79 Å². The number of anilines is 1. The minimum atomic E-state index is -0.0408. The minimum Gasteiger partial charge on any atom is -0.494 e. The molecule has 0 saturated carbocycles. The number of carbonyl (C=O) groups is 1. The molecule has 0 radical (unpaired) electrons. The first kappa shape index (κ1) is 17.8. The zero-order valence-corrected chi connectivity index (χ0v) is 15.6. The number of nitrogen functional groups attached to an aromatic ring is 1. The van der Waals surface area contributed by atoms with Crippen LogP contribution in [0.3, 0.4) is 0 Å². The molecule has 1 amide bonds. The van der Waals surface area contributed by atoms with Crippen LogP contribution < -0.4 is 10.5 Å². The summed E-state index contributed by atoms with van der Waals surface area (Å²) in [7, 11) is 0. The van der Waals surface area contributed by atoms with Crippen molar-refractivity contribution in [3.8, 4) is 5.75 Å². The molecular weight excluding hydrogens is 340 g/mol. The largest absolute Gasteiger partial charge is 0.494 e. The molecule has 4 rings (SSSR count). The SMILES string of the molecule is Nc1ncc2c(n1)C1(CCCN(C(=O)CCCOc3ccccc3)C1)CC2. The Bertz CT molecular complexity index is 807. The van der Waals surface area contributed by atoms with E-state index in [0.717, 1.165) is 56.6 Å². The predicted molar refractivity (Wildman–Crippen MR) is 103 cm³/mol. The highest BCUT2D eigenvalue weighted by atomic mass is 16.5. The second kappa shape index (κ2) is 7.55. The van der Waals surface area contributed by atoms with E-state index >= 15 is 0 Å². The molecule has 1 aromatic carbocycles. The molecule has 27 heavy (non-hydrogen) atoms. The topological polar surface area (TPSA) is 81.3 Å². The third-order valence-electron chi connectivity index (χ3n) is 5.73. The van der Waals surface area contributed by atoms with E-state index in [1.807, 2.05) is 41.4 Å². The maximum Gasteiger partial charge on any atom is 0.222 e.